The van der Waals surface area contributed by atoms with Crippen LogP contribution in [0.4, 0.5) is 5.69 Å². The van der Waals surface area contributed by atoms with Gasteiger partial charge in [-0.05, 0) is 62.9 Å². The normalized spacial score (nSPS) is 12.2. The summed E-state index contributed by atoms with van der Waals surface area (Å²) in [4.78, 5) is 13.0. The summed E-state index contributed by atoms with van der Waals surface area (Å²) in [5, 5.41) is 2.96. The van der Waals surface area contributed by atoms with Gasteiger partial charge in [0.1, 0.15) is 6.54 Å². The van der Waals surface area contributed by atoms with E-state index in [4.69, 9.17) is 0 Å². The molecule has 3 aromatic carbocycles. The van der Waals surface area contributed by atoms with E-state index in [9.17, 15) is 13.2 Å². The van der Waals surface area contributed by atoms with Crippen molar-refractivity contribution in [1.82, 2.24) is 5.32 Å². The van der Waals surface area contributed by atoms with E-state index in [0.29, 0.717) is 5.69 Å². The van der Waals surface area contributed by atoms with Gasteiger partial charge in [0.25, 0.3) is 10.0 Å². The van der Waals surface area contributed by atoms with Crippen LogP contribution in [0.3, 0.4) is 0 Å². The molecule has 0 saturated carbocycles. The number of amides is 1. The van der Waals surface area contributed by atoms with E-state index in [1.807, 2.05) is 51.1 Å². The molecule has 32 heavy (non-hydrogen) atoms. The number of hydrogen-bond acceptors (Lipinski definition) is 3. The molecule has 1 atom stereocenters. The Morgan fingerprint density at radius 2 is 1.56 bits per heavy atom. The number of benzene rings is 3. The minimum Gasteiger partial charge on any atom is -0.352 e. The van der Waals surface area contributed by atoms with Crippen molar-refractivity contribution in [1.29, 1.82) is 0 Å². The fourth-order valence-electron chi connectivity index (χ4n) is 3.66. The predicted molar refractivity (Wildman–Crippen MR) is 129 cm³/mol. The van der Waals surface area contributed by atoms with Crippen LogP contribution in [0.5, 0.6) is 0 Å². The zero-order valence-corrected chi connectivity index (χ0v) is 19.6. The molecule has 5 nitrogen and oxygen atoms in total. The fraction of sp³-hybridized carbons (Fsp3) is 0.269. The topological polar surface area (TPSA) is 66.5 Å². The summed E-state index contributed by atoms with van der Waals surface area (Å²) in [7, 11) is -3.90. The molecule has 0 radical (unpaired) electrons. The van der Waals surface area contributed by atoms with E-state index >= 15 is 0 Å². The number of sulfonamides is 1. The third-order valence-electron chi connectivity index (χ3n) is 5.36. The molecule has 0 fully saturated rings. The van der Waals surface area contributed by atoms with Crippen LogP contribution < -0.4 is 9.62 Å². The second kappa shape index (κ2) is 10.5. The Balaban J connectivity index is 1.78. The quantitative estimate of drug-likeness (QED) is 0.517. The highest BCUT2D eigenvalue weighted by Gasteiger charge is 2.28. The summed E-state index contributed by atoms with van der Waals surface area (Å²) in [5.41, 5.74) is 3.54. The maximum Gasteiger partial charge on any atom is 0.264 e. The van der Waals surface area contributed by atoms with Gasteiger partial charge in [0.05, 0.1) is 10.6 Å². The number of carbonyl (C=O) groups is 1. The van der Waals surface area contributed by atoms with Crippen LogP contribution in [0.15, 0.2) is 83.8 Å². The van der Waals surface area contributed by atoms with Crippen molar-refractivity contribution in [3.63, 3.8) is 0 Å². The van der Waals surface area contributed by atoms with Crippen molar-refractivity contribution in [3.8, 4) is 0 Å². The first-order valence-corrected chi connectivity index (χ1v) is 12.2. The lowest BCUT2D eigenvalue weighted by Crippen LogP contribution is -2.44. The molecule has 6 heteroatoms. The number of nitrogens with one attached hydrogen (secondary N) is 1. The Labute approximate surface area is 191 Å². The highest BCUT2D eigenvalue weighted by molar-refractivity contribution is 7.92. The number of rotatable bonds is 9. The van der Waals surface area contributed by atoms with E-state index < -0.39 is 10.0 Å². The molecule has 3 rings (SSSR count). The lowest BCUT2D eigenvalue weighted by Gasteiger charge is -2.26. The zero-order chi connectivity index (χ0) is 23.1. The average molecular weight is 451 g/mol. The first kappa shape index (κ1) is 23.5. The predicted octanol–water partition coefficient (Wildman–Crippen LogP) is 4.64. The lowest BCUT2D eigenvalue weighted by molar-refractivity contribution is -0.120. The van der Waals surface area contributed by atoms with Crippen molar-refractivity contribution in [3.05, 3.63) is 95.6 Å². The number of anilines is 1. The molecule has 0 bridgehead atoms. The minimum atomic E-state index is -3.90. The summed E-state index contributed by atoms with van der Waals surface area (Å²) in [6.07, 6.45) is 1.61. The number of hydrogen-bond donors (Lipinski definition) is 1. The molecule has 168 valence electrons. The molecule has 1 N–H and O–H groups in total. The number of nitrogens with zero attached hydrogens (tertiary/aromatic N) is 1. The Morgan fingerprint density at radius 1 is 0.938 bits per heavy atom. The van der Waals surface area contributed by atoms with Gasteiger partial charge in [0.15, 0.2) is 0 Å². The first-order chi connectivity index (χ1) is 15.3. The third-order valence-corrected chi connectivity index (χ3v) is 7.13. The molecule has 0 aliphatic rings. The van der Waals surface area contributed by atoms with Gasteiger partial charge in [-0.25, -0.2) is 8.42 Å². The van der Waals surface area contributed by atoms with E-state index in [0.717, 1.165) is 24.0 Å². The summed E-state index contributed by atoms with van der Waals surface area (Å²) in [6.45, 7) is 5.47. The largest absolute Gasteiger partial charge is 0.352 e. The molecule has 0 saturated heterocycles. The Kier molecular flexibility index (Phi) is 7.70. The molecule has 0 unspecified atom stereocenters. The highest BCUT2D eigenvalue weighted by Crippen LogP contribution is 2.27. The molecular weight excluding hydrogens is 420 g/mol. The average Bonchev–Trinajstić information content (AvgIpc) is 2.78. The molecular formula is C26H30N2O3S. The van der Waals surface area contributed by atoms with Gasteiger partial charge in [-0.15, -0.1) is 0 Å². The maximum absolute atomic E-state index is 13.4. The van der Waals surface area contributed by atoms with Crippen LogP contribution in [0.2, 0.25) is 0 Å². The van der Waals surface area contributed by atoms with Crippen LogP contribution in [-0.4, -0.2) is 26.9 Å². The van der Waals surface area contributed by atoms with E-state index in [1.54, 1.807) is 36.4 Å². The van der Waals surface area contributed by atoms with Gasteiger partial charge < -0.3 is 5.32 Å². The summed E-state index contributed by atoms with van der Waals surface area (Å²) >= 11 is 0. The van der Waals surface area contributed by atoms with Crippen molar-refractivity contribution in [2.24, 2.45) is 0 Å². The van der Waals surface area contributed by atoms with E-state index in [1.165, 1.54) is 9.87 Å². The molecule has 3 aromatic rings. The molecule has 0 heterocycles. The van der Waals surface area contributed by atoms with E-state index in [-0.39, 0.29) is 23.4 Å². The van der Waals surface area contributed by atoms with Crippen molar-refractivity contribution in [2.75, 3.05) is 10.8 Å². The standard InChI is InChI=1S/C26H30N2O3S/c1-20-14-17-25(21(2)18-20)28(32(30,31)24-12-8-5-9-13-24)19-26(29)27-22(3)15-16-23-10-6-4-7-11-23/h4-14,17-18,22H,15-16,19H2,1-3H3,(H,27,29)/t22-/m1/s1. The van der Waals surface area contributed by atoms with Crippen molar-refractivity contribution in [2.45, 2.75) is 44.6 Å². The minimum absolute atomic E-state index is 0.0805. The second-order valence-corrected chi connectivity index (χ2v) is 9.97. The monoisotopic (exact) mass is 450 g/mol. The summed E-state index contributed by atoms with van der Waals surface area (Å²) in [6, 6.07) is 23.8. The van der Waals surface area contributed by atoms with Crippen LogP contribution in [-0.2, 0) is 21.2 Å². The van der Waals surface area contributed by atoms with Crippen LogP contribution in [0.1, 0.15) is 30.0 Å². The van der Waals surface area contributed by atoms with Crippen LogP contribution in [0, 0.1) is 13.8 Å². The molecule has 0 aromatic heterocycles. The van der Waals surface area contributed by atoms with Crippen LogP contribution >= 0.6 is 0 Å². The Morgan fingerprint density at radius 3 is 2.19 bits per heavy atom. The molecule has 0 spiro atoms. The van der Waals surface area contributed by atoms with Gasteiger partial charge in [-0.1, -0.05) is 66.2 Å². The zero-order valence-electron chi connectivity index (χ0n) is 18.8. The third kappa shape index (κ3) is 5.98. The highest BCUT2D eigenvalue weighted by atomic mass is 32.2. The smallest absolute Gasteiger partial charge is 0.264 e. The SMILES string of the molecule is Cc1ccc(N(CC(=O)N[C@H](C)CCc2ccccc2)S(=O)(=O)c2ccccc2)c(C)c1. The Bertz CT molecular complexity index is 1150. The Hall–Kier alpha value is -3.12. The van der Waals surface area contributed by atoms with Gasteiger partial charge in [-0.2, -0.15) is 0 Å². The molecule has 0 aliphatic heterocycles. The van der Waals surface area contributed by atoms with Crippen LogP contribution in [0.25, 0.3) is 0 Å². The summed E-state index contributed by atoms with van der Waals surface area (Å²) in [5.74, 6) is -0.329. The number of aryl methyl sites for hydroxylation is 3. The summed E-state index contributed by atoms with van der Waals surface area (Å²) < 4.78 is 28.1. The van der Waals surface area contributed by atoms with Gasteiger partial charge in [-0.3, -0.25) is 9.10 Å². The van der Waals surface area contributed by atoms with Crippen molar-refractivity contribution < 1.29 is 13.2 Å². The van der Waals surface area contributed by atoms with Gasteiger partial charge in [0, 0.05) is 6.04 Å². The fourth-order valence-corrected chi connectivity index (χ4v) is 5.16. The van der Waals surface area contributed by atoms with Crippen molar-refractivity contribution >= 4 is 21.6 Å². The first-order valence-electron chi connectivity index (χ1n) is 10.8. The maximum atomic E-state index is 13.4. The second-order valence-electron chi connectivity index (χ2n) is 8.11. The molecule has 1 amide bonds. The van der Waals surface area contributed by atoms with Gasteiger partial charge >= 0.3 is 0 Å². The van der Waals surface area contributed by atoms with E-state index in [2.05, 4.69) is 17.4 Å². The number of carbonyl (C=O) groups excluding carboxylic acids is 1. The lowest BCUT2D eigenvalue weighted by atomic mass is 10.1. The van der Waals surface area contributed by atoms with Gasteiger partial charge in [0.2, 0.25) is 5.91 Å². The molecule has 0 aliphatic carbocycles.